The molecule has 1 N–H and O–H groups in total. The van der Waals surface area contributed by atoms with E-state index in [9.17, 15) is 14.7 Å². The Kier molecular flexibility index (Phi) is 4.98. The van der Waals surface area contributed by atoms with E-state index in [1.165, 1.54) is 40.6 Å². The summed E-state index contributed by atoms with van der Waals surface area (Å²) in [5, 5.41) is 10.2. The van der Waals surface area contributed by atoms with Crippen molar-refractivity contribution >= 4 is 11.6 Å². The van der Waals surface area contributed by atoms with E-state index in [1.54, 1.807) is 0 Å². The second kappa shape index (κ2) is 7.22. The Hall–Kier alpha value is -3.16. The van der Waals surface area contributed by atoms with Crippen LogP contribution in [0.2, 0.25) is 0 Å². The lowest BCUT2D eigenvalue weighted by molar-refractivity contribution is -0.121. The molecule has 0 spiro atoms. The van der Waals surface area contributed by atoms with Crippen LogP contribution in [-0.2, 0) is 25.5 Å². The van der Waals surface area contributed by atoms with E-state index in [0.29, 0.717) is 17.7 Å². The number of phenolic OH excluding ortho intramolecular Hbond substituents is 1. The molecule has 1 aliphatic heterocycles. The number of allylic oxidation sites excluding steroid dienone is 2. The number of carbonyl (C=O) groups is 2. The SMILES string of the molecule is COC1=C(OC)C(=O)C([C@H]2COc3c(cc(O)c(OC)c3OC)C2)=CC1=O. The summed E-state index contributed by atoms with van der Waals surface area (Å²) in [5.74, 6) is -0.698. The van der Waals surface area contributed by atoms with Crippen molar-refractivity contribution in [1.82, 2.24) is 0 Å². The van der Waals surface area contributed by atoms with Crippen LogP contribution in [0.15, 0.2) is 29.2 Å². The Morgan fingerprint density at radius 2 is 1.67 bits per heavy atom. The van der Waals surface area contributed by atoms with E-state index in [1.807, 2.05) is 0 Å². The molecule has 0 bridgehead atoms. The van der Waals surface area contributed by atoms with Gasteiger partial charge >= 0.3 is 0 Å². The monoisotopic (exact) mass is 376 g/mol. The van der Waals surface area contributed by atoms with Crippen LogP contribution >= 0.6 is 0 Å². The molecule has 0 amide bonds. The van der Waals surface area contributed by atoms with Crippen LogP contribution < -0.4 is 14.2 Å². The lowest BCUT2D eigenvalue weighted by Gasteiger charge is -2.30. The summed E-state index contributed by atoms with van der Waals surface area (Å²) in [4.78, 5) is 25.0. The highest BCUT2D eigenvalue weighted by Gasteiger charge is 2.37. The van der Waals surface area contributed by atoms with E-state index in [-0.39, 0.29) is 40.9 Å². The highest BCUT2D eigenvalue weighted by Crippen LogP contribution is 2.49. The van der Waals surface area contributed by atoms with Gasteiger partial charge in [0.05, 0.1) is 35.0 Å². The molecule has 8 nitrogen and oxygen atoms in total. The maximum atomic E-state index is 12.7. The van der Waals surface area contributed by atoms with Gasteiger partial charge in [0.25, 0.3) is 0 Å². The quantitative estimate of drug-likeness (QED) is 0.773. The lowest BCUT2D eigenvalue weighted by atomic mass is 9.84. The summed E-state index contributed by atoms with van der Waals surface area (Å²) >= 11 is 0. The zero-order valence-electron chi connectivity index (χ0n) is 15.5. The normalized spacial score (nSPS) is 19.1. The van der Waals surface area contributed by atoms with Crippen LogP contribution in [0.3, 0.4) is 0 Å². The van der Waals surface area contributed by atoms with Crippen LogP contribution in [0.5, 0.6) is 23.0 Å². The molecule has 1 aliphatic carbocycles. The largest absolute Gasteiger partial charge is 0.504 e. The molecule has 27 heavy (non-hydrogen) atoms. The number of hydrogen-bond acceptors (Lipinski definition) is 8. The number of benzene rings is 1. The minimum atomic E-state index is -0.440. The topological polar surface area (TPSA) is 101 Å². The number of carbonyl (C=O) groups excluding carboxylic acids is 2. The molecule has 1 atom stereocenters. The summed E-state index contributed by atoms with van der Waals surface area (Å²) in [6, 6.07) is 1.51. The fraction of sp³-hybridized carbons (Fsp3) is 0.368. The Morgan fingerprint density at radius 1 is 1.00 bits per heavy atom. The van der Waals surface area contributed by atoms with E-state index in [2.05, 4.69) is 0 Å². The first-order valence-electron chi connectivity index (χ1n) is 8.19. The molecule has 3 rings (SSSR count). The smallest absolute Gasteiger partial charge is 0.228 e. The molecule has 0 fully saturated rings. The van der Waals surface area contributed by atoms with E-state index < -0.39 is 17.5 Å². The van der Waals surface area contributed by atoms with Crippen molar-refractivity contribution in [2.24, 2.45) is 5.92 Å². The molecule has 1 aromatic carbocycles. The van der Waals surface area contributed by atoms with Crippen molar-refractivity contribution < 1.29 is 38.4 Å². The first-order valence-corrected chi connectivity index (χ1v) is 8.19. The lowest BCUT2D eigenvalue weighted by Crippen LogP contribution is -2.31. The first-order chi connectivity index (χ1) is 13.0. The van der Waals surface area contributed by atoms with Gasteiger partial charge < -0.3 is 28.8 Å². The van der Waals surface area contributed by atoms with Crippen LogP contribution in [0.1, 0.15) is 5.56 Å². The molecule has 2 aliphatic rings. The predicted molar refractivity (Wildman–Crippen MR) is 93.0 cm³/mol. The van der Waals surface area contributed by atoms with Crippen LogP contribution in [-0.4, -0.2) is 51.7 Å². The van der Waals surface area contributed by atoms with Crippen molar-refractivity contribution in [3.05, 3.63) is 34.8 Å². The highest BCUT2D eigenvalue weighted by atomic mass is 16.5. The van der Waals surface area contributed by atoms with Crippen molar-refractivity contribution in [3.63, 3.8) is 0 Å². The van der Waals surface area contributed by atoms with Crippen LogP contribution in [0.4, 0.5) is 0 Å². The number of ketones is 2. The van der Waals surface area contributed by atoms with Crippen molar-refractivity contribution in [2.45, 2.75) is 6.42 Å². The molecule has 0 unspecified atom stereocenters. The Bertz CT molecular complexity index is 865. The molecule has 1 heterocycles. The van der Waals surface area contributed by atoms with Crippen LogP contribution in [0.25, 0.3) is 0 Å². The van der Waals surface area contributed by atoms with Gasteiger partial charge in [-0.1, -0.05) is 0 Å². The third-order valence-corrected chi connectivity index (χ3v) is 4.58. The molecule has 0 aromatic heterocycles. The number of ether oxygens (including phenoxy) is 5. The number of aromatic hydroxyl groups is 1. The minimum absolute atomic E-state index is 0.100. The second-order valence-corrected chi connectivity index (χ2v) is 6.02. The van der Waals surface area contributed by atoms with Crippen molar-refractivity contribution in [3.8, 4) is 23.0 Å². The average Bonchev–Trinajstić information content (AvgIpc) is 2.67. The van der Waals surface area contributed by atoms with Gasteiger partial charge in [-0.2, -0.15) is 0 Å². The summed E-state index contributed by atoms with van der Waals surface area (Å²) in [6.07, 6.45) is 1.62. The zero-order chi connectivity index (χ0) is 19.7. The molecule has 1 aromatic rings. The van der Waals surface area contributed by atoms with Gasteiger partial charge in [-0.15, -0.1) is 0 Å². The number of fused-ring (bicyclic) bond motifs is 1. The minimum Gasteiger partial charge on any atom is -0.504 e. The average molecular weight is 376 g/mol. The van der Waals surface area contributed by atoms with Gasteiger partial charge in [0.2, 0.25) is 34.6 Å². The first kappa shape index (κ1) is 18.6. The van der Waals surface area contributed by atoms with E-state index in [4.69, 9.17) is 23.7 Å². The Labute approximate surface area is 155 Å². The number of phenols is 1. The molecule has 0 saturated carbocycles. The summed E-state index contributed by atoms with van der Waals surface area (Å²) in [5.41, 5.74) is 0.917. The summed E-state index contributed by atoms with van der Waals surface area (Å²) < 4.78 is 26.3. The van der Waals surface area contributed by atoms with Gasteiger partial charge in [0.1, 0.15) is 0 Å². The summed E-state index contributed by atoms with van der Waals surface area (Å²) in [7, 11) is 5.48. The molecule has 8 heteroatoms. The van der Waals surface area contributed by atoms with Gasteiger partial charge in [-0.25, -0.2) is 0 Å². The van der Waals surface area contributed by atoms with Gasteiger partial charge in [-0.05, 0) is 18.6 Å². The van der Waals surface area contributed by atoms with Crippen LogP contribution in [0, 0.1) is 5.92 Å². The zero-order valence-corrected chi connectivity index (χ0v) is 15.5. The summed E-state index contributed by atoms with van der Waals surface area (Å²) in [6.45, 7) is 0.154. The van der Waals surface area contributed by atoms with Crippen molar-refractivity contribution in [1.29, 1.82) is 0 Å². The number of hydrogen-bond donors (Lipinski definition) is 1. The molecule has 144 valence electrons. The Balaban J connectivity index is 1.97. The molecule has 0 radical (unpaired) electrons. The number of rotatable bonds is 5. The van der Waals surface area contributed by atoms with E-state index in [0.717, 1.165) is 0 Å². The fourth-order valence-electron chi connectivity index (χ4n) is 3.36. The predicted octanol–water partition coefficient (Wildman–Crippen LogP) is 1.54. The van der Waals surface area contributed by atoms with E-state index >= 15 is 0 Å². The number of methoxy groups -OCH3 is 4. The third-order valence-electron chi connectivity index (χ3n) is 4.58. The highest BCUT2D eigenvalue weighted by molar-refractivity contribution is 6.21. The standard InChI is InChI=1S/C19H20O8/c1-23-16-13(21)7-11(14(22)18(16)25-3)10-5-9-6-12(20)17(24-2)19(26-4)15(9)27-8-10/h6-7,10,20H,5,8H2,1-4H3/t10-/m1/s1. The van der Waals surface area contributed by atoms with Gasteiger partial charge in [-0.3, -0.25) is 9.59 Å². The van der Waals surface area contributed by atoms with Crippen molar-refractivity contribution in [2.75, 3.05) is 35.0 Å². The third kappa shape index (κ3) is 2.97. The maximum absolute atomic E-state index is 12.7. The number of Topliss-reactive ketones (excluding diaryl/α,β-unsaturated/α-hetero) is 1. The fourth-order valence-corrected chi connectivity index (χ4v) is 3.36. The molecule has 0 saturated heterocycles. The van der Waals surface area contributed by atoms with Gasteiger partial charge in [0, 0.05) is 17.1 Å². The Morgan fingerprint density at radius 3 is 2.26 bits per heavy atom. The second-order valence-electron chi connectivity index (χ2n) is 6.02. The molecular weight excluding hydrogens is 356 g/mol. The molecular formula is C19H20O8. The van der Waals surface area contributed by atoms with Gasteiger partial charge in [0.15, 0.2) is 11.5 Å². The maximum Gasteiger partial charge on any atom is 0.228 e.